The Bertz CT molecular complexity index is 104. The average Bonchev–Trinajstić information content (AvgIpc) is 2.12. The highest BCUT2D eigenvalue weighted by Crippen LogP contribution is 2.02. The summed E-state index contributed by atoms with van der Waals surface area (Å²) in [6.45, 7) is 8.68. The van der Waals surface area contributed by atoms with Crippen molar-refractivity contribution in [2.24, 2.45) is 11.7 Å². The second-order valence-electron chi connectivity index (χ2n) is 4.13. The van der Waals surface area contributed by atoms with Crippen LogP contribution in [-0.4, -0.2) is 19.1 Å². The van der Waals surface area contributed by atoms with Crippen LogP contribution in [0.1, 0.15) is 46.5 Å². The smallest absolute Gasteiger partial charge is 0.00386 e. The van der Waals surface area contributed by atoms with Crippen molar-refractivity contribution in [1.82, 2.24) is 5.32 Å². The van der Waals surface area contributed by atoms with E-state index in [4.69, 9.17) is 5.73 Å². The molecule has 2 nitrogen and oxygen atoms in total. The maximum atomic E-state index is 5.54. The van der Waals surface area contributed by atoms with Crippen molar-refractivity contribution in [3.8, 4) is 0 Å². The maximum absolute atomic E-state index is 5.54. The van der Waals surface area contributed by atoms with E-state index in [0.29, 0.717) is 12.0 Å². The lowest BCUT2D eigenvalue weighted by molar-refractivity contribution is 0.460. The molecule has 0 rings (SSSR count). The fraction of sp³-hybridized carbons (Fsp3) is 1.00. The second-order valence-corrected chi connectivity index (χ2v) is 4.13. The number of rotatable bonds is 8. The molecular weight excluding hydrogens is 160 g/mol. The molecule has 0 aliphatic carbocycles. The Morgan fingerprint density at radius 1 is 1.23 bits per heavy atom. The molecule has 3 N–H and O–H groups in total. The molecule has 0 radical (unpaired) electrons. The van der Waals surface area contributed by atoms with E-state index in [1.165, 1.54) is 25.7 Å². The van der Waals surface area contributed by atoms with E-state index in [0.717, 1.165) is 13.1 Å². The van der Waals surface area contributed by atoms with Gasteiger partial charge in [0.05, 0.1) is 0 Å². The van der Waals surface area contributed by atoms with E-state index >= 15 is 0 Å². The van der Waals surface area contributed by atoms with Crippen molar-refractivity contribution in [3.05, 3.63) is 0 Å². The summed E-state index contributed by atoms with van der Waals surface area (Å²) in [7, 11) is 0. The molecule has 0 fully saturated rings. The molecule has 2 unspecified atom stereocenters. The molecule has 0 heterocycles. The van der Waals surface area contributed by atoms with Crippen molar-refractivity contribution in [2.75, 3.05) is 13.1 Å². The fourth-order valence-corrected chi connectivity index (χ4v) is 1.45. The summed E-state index contributed by atoms with van der Waals surface area (Å²) in [5.74, 6) is 0.684. The minimum Gasteiger partial charge on any atom is -0.330 e. The molecule has 80 valence electrons. The van der Waals surface area contributed by atoms with E-state index in [-0.39, 0.29) is 0 Å². The normalized spacial score (nSPS) is 15.7. The fourth-order valence-electron chi connectivity index (χ4n) is 1.45. The lowest BCUT2D eigenvalue weighted by Gasteiger charge is -2.13. The lowest BCUT2D eigenvalue weighted by atomic mass is 10.1. The Morgan fingerprint density at radius 2 is 1.92 bits per heavy atom. The predicted molar refractivity (Wildman–Crippen MR) is 59.8 cm³/mol. The van der Waals surface area contributed by atoms with Crippen LogP contribution in [0, 0.1) is 5.92 Å². The van der Waals surface area contributed by atoms with Crippen LogP contribution in [0.15, 0.2) is 0 Å². The number of nitrogens with two attached hydrogens (primary N) is 1. The van der Waals surface area contributed by atoms with E-state index < -0.39 is 0 Å². The molecule has 0 amide bonds. The third-order valence-corrected chi connectivity index (χ3v) is 2.49. The van der Waals surface area contributed by atoms with Gasteiger partial charge in [-0.1, -0.05) is 20.3 Å². The SMILES string of the molecule is CCCC(C)NCCCC(C)CN. The van der Waals surface area contributed by atoms with E-state index in [1.807, 2.05) is 0 Å². The summed E-state index contributed by atoms with van der Waals surface area (Å²) in [5, 5.41) is 3.52. The highest BCUT2D eigenvalue weighted by molar-refractivity contribution is 4.60. The summed E-state index contributed by atoms with van der Waals surface area (Å²) >= 11 is 0. The second kappa shape index (κ2) is 8.52. The monoisotopic (exact) mass is 186 g/mol. The minimum absolute atomic E-state index is 0.679. The van der Waals surface area contributed by atoms with Crippen LogP contribution >= 0.6 is 0 Å². The maximum Gasteiger partial charge on any atom is 0.00386 e. The van der Waals surface area contributed by atoms with Gasteiger partial charge in [0, 0.05) is 6.04 Å². The van der Waals surface area contributed by atoms with Crippen LogP contribution in [0.4, 0.5) is 0 Å². The molecular formula is C11H26N2. The quantitative estimate of drug-likeness (QED) is 0.570. The number of hydrogen-bond donors (Lipinski definition) is 2. The molecule has 2 atom stereocenters. The van der Waals surface area contributed by atoms with Gasteiger partial charge in [-0.2, -0.15) is 0 Å². The van der Waals surface area contributed by atoms with Crippen molar-refractivity contribution in [1.29, 1.82) is 0 Å². The Labute approximate surface area is 83.3 Å². The predicted octanol–water partition coefficient (Wildman–Crippen LogP) is 2.14. The van der Waals surface area contributed by atoms with Gasteiger partial charge in [0.2, 0.25) is 0 Å². The van der Waals surface area contributed by atoms with Gasteiger partial charge in [-0.25, -0.2) is 0 Å². The van der Waals surface area contributed by atoms with Gasteiger partial charge in [0.25, 0.3) is 0 Å². The molecule has 2 heteroatoms. The minimum atomic E-state index is 0.679. The van der Waals surface area contributed by atoms with Gasteiger partial charge in [0.15, 0.2) is 0 Å². The molecule has 13 heavy (non-hydrogen) atoms. The van der Waals surface area contributed by atoms with Gasteiger partial charge in [-0.3, -0.25) is 0 Å². The Hall–Kier alpha value is -0.0800. The van der Waals surface area contributed by atoms with Crippen molar-refractivity contribution < 1.29 is 0 Å². The van der Waals surface area contributed by atoms with Gasteiger partial charge >= 0.3 is 0 Å². The molecule has 0 saturated heterocycles. The number of nitrogens with one attached hydrogen (secondary N) is 1. The summed E-state index contributed by atoms with van der Waals surface area (Å²) in [5.41, 5.74) is 5.54. The molecule has 0 aliphatic rings. The topological polar surface area (TPSA) is 38.0 Å². The van der Waals surface area contributed by atoms with E-state index in [2.05, 4.69) is 26.1 Å². The van der Waals surface area contributed by atoms with Crippen molar-refractivity contribution >= 4 is 0 Å². The largest absolute Gasteiger partial charge is 0.330 e. The van der Waals surface area contributed by atoms with Crippen molar-refractivity contribution in [2.45, 2.75) is 52.5 Å². The highest BCUT2D eigenvalue weighted by Gasteiger charge is 2.00. The van der Waals surface area contributed by atoms with Gasteiger partial charge < -0.3 is 11.1 Å². The third-order valence-electron chi connectivity index (χ3n) is 2.49. The van der Waals surface area contributed by atoms with Crippen LogP contribution in [0.25, 0.3) is 0 Å². The third kappa shape index (κ3) is 8.26. The first kappa shape index (κ1) is 12.9. The van der Waals surface area contributed by atoms with Crippen molar-refractivity contribution in [3.63, 3.8) is 0 Å². The van der Waals surface area contributed by atoms with Gasteiger partial charge in [-0.05, 0) is 45.2 Å². The molecule has 0 spiro atoms. The first-order valence-electron chi connectivity index (χ1n) is 5.64. The van der Waals surface area contributed by atoms with Crippen LogP contribution in [0.5, 0.6) is 0 Å². The Balaban J connectivity index is 3.15. The zero-order chi connectivity index (χ0) is 10.1. The molecule has 0 aliphatic heterocycles. The molecule has 0 aromatic rings. The average molecular weight is 186 g/mol. The Morgan fingerprint density at radius 3 is 2.46 bits per heavy atom. The summed E-state index contributed by atoms with van der Waals surface area (Å²) < 4.78 is 0. The molecule has 0 aromatic heterocycles. The number of hydrogen-bond acceptors (Lipinski definition) is 2. The summed E-state index contributed by atoms with van der Waals surface area (Å²) in [4.78, 5) is 0. The lowest BCUT2D eigenvalue weighted by Crippen LogP contribution is -2.27. The van der Waals surface area contributed by atoms with Gasteiger partial charge in [0.1, 0.15) is 0 Å². The Kier molecular flexibility index (Phi) is 8.46. The summed E-state index contributed by atoms with van der Waals surface area (Å²) in [6, 6.07) is 0.679. The van der Waals surface area contributed by atoms with E-state index in [9.17, 15) is 0 Å². The van der Waals surface area contributed by atoms with Crippen LogP contribution < -0.4 is 11.1 Å². The first-order valence-corrected chi connectivity index (χ1v) is 5.64. The molecule has 0 bridgehead atoms. The van der Waals surface area contributed by atoms with Gasteiger partial charge in [-0.15, -0.1) is 0 Å². The van der Waals surface area contributed by atoms with Crippen LogP contribution in [0.2, 0.25) is 0 Å². The zero-order valence-electron chi connectivity index (χ0n) is 9.47. The highest BCUT2D eigenvalue weighted by atomic mass is 14.9. The zero-order valence-corrected chi connectivity index (χ0v) is 9.47. The molecule has 0 saturated carbocycles. The summed E-state index contributed by atoms with van der Waals surface area (Å²) in [6.07, 6.45) is 5.06. The van der Waals surface area contributed by atoms with Crippen LogP contribution in [-0.2, 0) is 0 Å². The van der Waals surface area contributed by atoms with Crippen LogP contribution in [0.3, 0.4) is 0 Å². The molecule has 0 aromatic carbocycles. The first-order chi connectivity index (χ1) is 6.20. The van der Waals surface area contributed by atoms with E-state index in [1.54, 1.807) is 0 Å². The standard InChI is InChI=1S/C11H26N2/c1-4-6-11(3)13-8-5-7-10(2)9-12/h10-11,13H,4-9,12H2,1-3H3.